The molecule has 0 bridgehead atoms. The molecule has 1 aliphatic rings. The van der Waals surface area contributed by atoms with Gasteiger partial charge < -0.3 is 14.6 Å². The molecule has 1 aliphatic heterocycles. The van der Waals surface area contributed by atoms with E-state index < -0.39 is 0 Å². The van der Waals surface area contributed by atoms with E-state index >= 15 is 0 Å². The van der Waals surface area contributed by atoms with Gasteiger partial charge in [0.05, 0.1) is 12.8 Å². The lowest BCUT2D eigenvalue weighted by atomic mass is 10.2. The molecule has 8 heteroatoms. The number of likely N-dealkylation sites (tertiary alicyclic amines) is 1. The average molecular weight is 397 g/mol. The number of thioether (sulfide) groups is 1. The van der Waals surface area contributed by atoms with E-state index in [1.807, 2.05) is 30.9 Å². The van der Waals surface area contributed by atoms with Gasteiger partial charge in [0.1, 0.15) is 5.82 Å². The highest BCUT2D eigenvalue weighted by atomic mass is 32.2. The van der Waals surface area contributed by atoms with Gasteiger partial charge >= 0.3 is 0 Å². The Morgan fingerprint density at radius 1 is 1.32 bits per heavy atom. The zero-order valence-corrected chi connectivity index (χ0v) is 16.7. The van der Waals surface area contributed by atoms with Crippen LogP contribution < -0.4 is 5.32 Å². The Morgan fingerprint density at radius 2 is 2.21 bits per heavy atom. The Labute approximate surface area is 168 Å². The van der Waals surface area contributed by atoms with Crippen molar-refractivity contribution in [1.82, 2.24) is 25.4 Å². The summed E-state index contributed by atoms with van der Waals surface area (Å²) in [6.07, 6.45) is 2.80. The van der Waals surface area contributed by atoms with Crippen LogP contribution in [0, 0.1) is 5.92 Å². The zero-order valence-electron chi connectivity index (χ0n) is 15.8. The van der Waals surface area contributed by atoms with Gasteiger partial charge in [-0.15, -0.1) is 16.9 Å². The quantitative estimate of drug-likeness (QED) is 0.378. The maximum Gasteiger partial charge on any atom is 0.216 e. The van der Waals surface area contributed by atoms with Crippen LogP contribution in [0.25, 0.3) is 11.6 Å². The molecule has 4 rings (SSSR count). The van der Waals surface area contributed by atoms with Crippen LogP contribution in [0.3, 0.4) is 0 Å². The third-order valence-corrected chi connectivity index (χ3v) is 5.96. The molecule has 0 spiro atoms. The van der Waals surface area contributed by atoms with E-state index in [0.717, 1.165) is 30.6 Å². The molecule has 1 unspecified atom stereocenters. The van der Waals surface area contributed by atoms with E-state index in [1.165, 1.54) is 11.3 Å². The number of nitrogens with one attached hydrogen (secondary N) is 2. The summed E-state index contributed by atoms with van der Waals surface area (Å²) < 4.78 is 5.33. The molecule has 2 N–H and O–H groups in total. The lowest BCUT2D eigenvalue weighted by Gasteiger charge is -2.21. The summed E-state index contributed by atoms with van der Waals surface area (Å²) in [5.41, 5.74) is 0. The van der Waals surface area contributed by atoms with Crippen LogP contribution in [0.1, 0.15) is 12.2 Å². The Balaban J connectivity index is 1.26. The van der Waals surface area contributed by atoms with Crippen LogP contribution in [0.5, 0.6) is 0 Å². The Bertz CT molecular complexity index is 893. The number of hydrogen-bond acceptors (Lipinski definition) is 5. The van der Waals surface area contributed by atoms with Crippen LogP contribution >= 0.6 is 11.8 Å². The molecule has 28 heavy (non-hydrogen) atoms. The molecule has 0 radical (unpaired) electrons. The number of aromatic nitrogens is 3. The zero-order chi connectivity index (χ0) is 19.2. The summed E-state index contributed by atoms with van der Waals surface area (Å²) in [6.45, 7) is 2.58. The number of benzene rings is 1. The molecule has 7 nitrogen and oxygen atoms in total. The third kappa shape index (κ3) is 4.56. The summed E-state index contributed by atoms with van der Waals surface area (Å²) in [6, 6.07) is 14.3. The average Bonchev–Trinajstić information content (AvgIpc) is 3.49. The number of guanidine groups is 1. The summed E-state index contributed by atoms with van der Waals surface area (Å²) in [7, 11) is 1.82. The summed E-state index contributed by atoms with van der Waals surface area (Å²) in [5.74, 6) is 4.68. The largest absolute Gasteiger partial charge is 0.461 e. The number of nitrogens with zero attached hydrogens (tertiary/aromatic N) is 4. The number of hydrogen-bond donors (Lipinski definition) is 2. The van der Waals surface area contributed by atoms with Gasteiger partial charge in [0.2, 0.25) is 5.82 Å². The fourth-order valence-corrected chi connectivity index (χ4v) is 4.33. The molecule has 1 saturated heterocycles. The summed E-state index contributed by atoms with van der Waals surface area (Å²) in [5, 5.41) is 10.5. The molecule has 1 aromatic carbocycles. The van der Waals surface area contributed by atoms with E-state index in [2.05, 4.69) is 60.7 Å². The first-order valence-corrected chi connectivity index (χ1v) is 10.4. The molecular weight excluding hydrogens is 372 g/mol. The second-order valence-electron chi connectivity index (χ2n) is 6.71. The first-order chi connectivity index (χ1) is 13.8. The van der Waals surface area contributed by atoms with Gasteiger partial charge in [0, 0.05) is 30.8 Å². The van der Waals surface area contributed by atoms with E-state index in [4.69, 9.17) is 4.42 Å². The van der Waals surface area contributed by atoms with E-state index in [9.17, 15) is 0 Å². The molecule has 0 saturated carbocycles. The highest BCUT2D eigenvalue weighted by Gasteiger charge is 2.25. The molecule has 1 atom stereocenters. The van der Waals surface area contributed by atoms with Crippen LogP contribution in [0.15, 0.2) is 63.0 Å². The lowest BCUT2D eigenvalue weighted by molar-refractivity contribution is 0.473. The fourth-order valence-electron chi connectivity index (χ4n) is 3.28. The minimum Gasteiger partial charge on any atom is -0.461 e. The molecule has 3 heterocycles. The minimum absolute atomic E-state index is 0.542. The Hall–Kier alpha value is -2.74. The normalized spacial score (nSPS) is 17.2. The first-order valence-electron chi connectivity index (χ1n) is 9.40. The van der Waals surface area contributed by atoms with Crippen molar-refractivity contribution >= 4 is 17.7 Å². The second-order valence-corrected chi connectivity index (χ2v) is 7.80. The van der Waals surface area contributed by atoms with E-state index in [0.29, 0.717) is 24.0 Å². The monoisotopic (exact) mass is 396 g/mol. The number of rotatable bonds is 6. The highest BCUT2D eigenvalue weighted by Crippen LogP contribution is 2.25. The van der Waals surface area contributed by atoms with Crippen molar-refractivity contribution in [3.8, 4) is 11.6 Å². The van der Waals surface area contributed by atoms with Crippen LogP contribution in [0.2, 0.25) is 0 Å². The third-order valence-electron chi connectivity index (χ3n) is 4.71. The van der Waals surface area contributed by atoms with Crippen LogP contribution in [0.4, 0.5) is 0 Å². The van der Waals surface area contributed by atoms with Crippen molar-refractivity contribution < 1.29 is 4.42 Å². The van der Waals surface area contributed by atoms with Crippen molar-refractivity contribution in [2.45, 2.75) is 17.9 Å². The smallest absolute Gasteiger partial charge is 0.216 e. The molecule has 146 valence electrons. The van der Waals surface area contributed by atoms with Crippen LogP contribution in [-0.2, 0) is 6.54 Å². The molecular formula is C20H24N6OS. The number of furan rings is 1. The van der Waals surface area contributed by atoms with E-state index in [-0.39, 0.29) is 0 Å². The number of aliphatic imine (C=N–C) groups is 1. The maximum absolute atomic E-state index is 5.33. The molecule has 0 aliphatic carbocycles. The molecule has 2 aromatic heterocycles. The number of aromatic amines is 1. The lowest BCUT2D eigenvalue weighted by Crippen LogP contribution is -2.40. The molecule has 3 aromatic rings. The highest BCUT2D eigenvalue weighted by molar-refractivity contribution is 7.99. The Kier molecular flexibility index (Phi) is 5.96. The molecule has 0 amide bonds. The maximum atomic E-state index is 5.33. The molecule has 1 fully saturated rings. The summed E-state index contributed by atoms with van der Waals surface area (Å²) in [4.78, 5) is 12.6. The van der Waals surface area contributed by atoms with Gasteiger partial charge in [0.15, 0.2) is 11.7 Å². The van der Waals surface area contributed by atoms with Crippen molar-refractivity contribution in [3.63, 3.8) is 0 Å². The van der Waals surface area contributed by atoms with Crippen molar-refractivity contribution in [1.29, 1.82) is 0 Å². The Morgan fingerprint density at radius 3 is 3.00 bits per heavy atom. The topological polar surface area (TPSA) is 82.3 Å². The van der Waals surface area contributed by atoms with Gasteiger partial charge in [0.25, 0.3) is 0 Å². The fraction of sp³-hybridized carbons (Fsp3) is 0.350. The predicted molar refractivity (Wildman–Crippen MR) is 111 cm³/mol. The standard InChI is InChI=1S/C20H24N6OS/c1-21-20(22-12-18-23-19(25-24-18)17-8-5-11-27-17)26-10-9-15(13-26)14-28-16-6-3-2-4-7-16/h2-8,11,15H,9-10,12-14H2,1H3,(H,21,22)(H,23,24,25). The van der Waals surface area contributed by atoms with Gasteiger partial charge in [-0.3, -0.25) is 10.1 Å². The van der Waals surface area contributed by atoms with Crippen molar-refractivity contribution in [2.75, 3.05) is 25.9 Å². The first kappa shape index (κ1) is 18.6. The van der Waals surface area contributed by atoms with E-state index in [1.54, 1.807) is 6.26 Å². The van der Waals surface area contributed by atoms with Gasteiger partial charge in [-0.25, -0.2) is 4.98 Å². The minimum atomic E-state index is 0.542. The van der Waals surface area contributed by atoms with Crippen molar-refractivity contribution in [2.24, 2.45) is 10.9 Å². The van der Waals surface area contributed by atoms with Gasteiger partial charge in [-0.2, -0.15) is 0 Å². The summed E-state index contributed by atoms with van der Waals surface area (Å²) >= 11 is 1.93. The predicted octanol–water partition coefficient (Wildman–Crippen LogP) is 3.25. The van der Waals surface area contributed by atoms with Crippen LogP contribution in [-0.4, -0.2) is 51.9 Å². The van der Waals surface area contributed by atoms with Gasteiger partial charge in [-0.05, 0) is 36.6 Å². The second kappa shape index (κ2) is 8.97. The van der Waals surface area contributed by atoms with Crippen molar-refractivity contribution in [3.05, 3.63) is 54.6 Å². The number of H-pyrrole nitrogens is 1. The SMILES string of the molecule is CN=C(NCc1nc(-c2ccco2)n[nH]1)N1CCC(CSc2ccccc2)C1. The van der Waals surface area contributed by atoms with Gasteiger partial charge in [-0.1, -0.05) is 18.2 Å².